The molecular formula is C19H17N3O5. The van der Waals surface area contributed by atoms with E-state index >= 15 is 0 Å². The Labute approximate surface area is 154 Å². The number of rotatable bonds is 5. The van der Waals surface area contributed by atoms with Crippen molar-refractivity contribution in [1.82, 2.24) is 14.9 Å². The first-order valence-corrected chi connectivity index (χ1v) is 8.34. The van der Waals surface area contributed by atoms with Gasteiger partial charge in [0.1, 0.15) is 17.5 Å². The van der Waals surface area contributed by atoms with Crippen molar-refractivity contribution in [1.29, 1.82) is 0 Å². The Hall–Kier alpha value is -3.55. The number of carbonyl (C=O) groups is 1. The molecule has 0 saturated heterocycles. The zero-order chi connectivity index (χ0) is 19.0. The maximum Gasteiger partial charge on any atom is 0.265 e. The van der Waals surface area contributed by atoms with Crippen LogP contribution in [0.1, 0.15) is 21.7 Å². The highest BCUT2D eigenvalue weighted by molar-refractivity contribution is 6.06. The number of carbonyl (C=O) groups excluding carboxylic acids is 1. The van der Waals surface area contributed by atoms with E-state index in [4.69, 9.17) is 13.9 Å². The summed E-state index contributed by atoms with van der Waals surface area (Å²) in [6, 6.07) is 5.44. The fourth-order valence-corrected chi connectivity index (χ4v) is 3.00. The maximum atomic E-state index is 12.7. The van der Waals surface area contributed by atoms with Crippen LogP contribution in [-0.2, 0) is 13.1 Å². The number of hydrogen-bond acceptors (Lipinski definition) is 6. The number of aryl methyl sites for hydroxylation is 1. The lowest BCUT2D eigenvalue weighted by atomic mass is 10.1. The van der Waals surface area contributed by atoms with Crippen LogP contribution in [0.5, 0.6) is 11.5 Å². The monoisotopic (exact) mass is 367 g/mol. The van der Waals surface area contributed by atoms with E-state index < -0.39 is 5.91 Å². The summed E-state index contributed by atoms with van der Waals surface area (Å²) in [5, 5.41) is 2.98. The molecular weight excluding hydrogens is 350 g/mol. The van der Waals surface area contributed by atoms with Crippen LogP contribution in [0.3, 0.4) is 0 Å². The summed E-state index contributed by atoms with van der Waals surface area (Å²) in [5.41, 5.74) is 0.845. The molecule has 0 unspecified atom stereocenters. The molecule has 1 aliphatic heterocycles. The van der Waals surface area contributed by atoms with Crippen molar-refractivity contribution >= 4 is 17.0 Å². The number of aromatic nitrogens is 2. The Balaban J connectivity index is 1.62. The number of nitrogens with zero attached hydrogens (tertiary/aromatic N) is 2. The van der Waals surface area contributed by atoms with Gasteiger partial charge in [-0.15, -0.1) is 6.58 Å². The zero-order valence-electron chi connectivity index (χ0n) is 14.7. The van der Waals surface area contributed by atoms with Gasteiger partial charge in [-0.2, -0.15) is 0 Å². The fourth-order valence-electron chi connectivity index (χ4n) is 3.00. The van der Waals surface area contributed by atoms with Gasteiger partial charge in [0.15, 0.2) is 11.5 Å². The Morgan fingerprint density at radius 1 is 1.37 bits per heavy atom. The van der Waals surface area contributed by atoms with Crippen LogP contribution in [0.15, 0.2) is 46.4 Å². The number of allylic oxidation sites excluding steroid dienone is 1. The molecule has 0 spiro atoms. The molecule has 0 saturated carbocycles. The van der Waals surface area contributed by atoms with Gasteiger partial charge in [-0.25, -0.2) is 4.98 Å². The standard InChI is InChI=1S/C19H17N3O5/c1-3-6-22-9-21-18-16(19(22)24)15(11(2)27-18)17(23)20-8-12-4-5-13-14(7-12)26-10-25-13/h3-5,7,9H,1,6,8,10H2,2H3,(H,20,23). The molecule has 0 aliphatic carbocycles. The summed E-state index contributed by atoms with van der Waals surface area (Å²) < 4.78 is 17.5. The highest BCUT2D eigenvalue weighted by atomic mass is 16.7. The number of nitrogens with one attached hydrogen (secondary N) is 1. The van der Waals surface area contributed by atoms with Gasteiger partial charge in [0, 0.05) is 13.1 Å². The molecule has 1 aromatic carbocycles. The van der Waals surface area contributed by atoms with Gasteiger partial charge in [-0.1, -0.05) is 12.1 Å². The summed E-state index contributed by atoms with van der Waals surface area (Å²) in [5.74, 6) is 1.26. The molecule has 0 atom stereocenters. The van der Waals surface area contributed by atoms with Gasteiger partial charge in [0.2, 0.25) is 12.5 Å². The minimum absolute atomic E-state index is 0.144. The summed E-state index contributed by atoms with van der Waals surface area (Å²) in [6.07, 6.45) is 2.96. The zero-order valence-corrected chi connectivity index (χ0v) is 14.7. The highest BCUT2D eigenvalue weighted by Gasteiger charge is 2.23. The van der Waals surface area contributed by atoms with E-state index in [-0.39, 0.29) is 35.6 Å². The van der Waals surface area contributed by atoms with Crippen molar-refractivity contribution in [3.63, 3.8) is 0 Å². The van der Waals surface area contributed by atoms with Crippen LogP contribution in [0.2, 0.25) is 0 Å². The molecule has 2 aromatic heterocycles. The molecule has 1 aliphatic rings. The topological polar surface area (TPSA) is 95.6 Å². The van der Waals surface area contributed by atoms with Crippen LogP contribution in [0.4, 0.5) is 0 Å². The average Bonchev–Trinajstić information content (AvgIpc) is 3.25. The van der Waals surface area contributed by atoms with Gasteiger partial charge < -0.3 is 19.2 Å². The Morgan fingerprint density at radius 3 is 3.00 bits per heavy atom. The van der Waals surface area contributed by atoms with Crippen LogP contribution < -0.4 is 20.3 Å². The molecule has 8 nitrogen and oxygen atoms in total. The first-order valence-electron chi connectivity index (χ1n) is 8.34. The third-order valence-corrected chi connectivity index (χ3v) is 4.30. The minimum atomic E-state index is -0.404. The van der Waals surface area contributed by atoms with E-state index in [1.165, 1.54) is 10.9 Å². The molecule has 138 valence electrons. The highest BCUT2D eigenvalue weighted by Crippen LogP contribution is 2.32. The van der Waals surface area contributed by atoms with Gasteiger partial charge in [-0.3, -0.25) is 14.2 Å². The lowest BCUT2D eigenvalue weighted by Crippen LogP contribution is -2.26. The second kappa shape index (κ2) is 6.64. The van der Waals surface area contributed by atoms with Crippen molar-refractivity contribution in [2.24, 2.45) is 0 Å². The number of fused-ring (bicyclic) bond motifs is 2. The van der Waals surface area contributed by atoms with Crippen LogP contribution >= 0.6 is 0 Å². The van der Waals surface area contributed by atoms with Crippen molar-refractivity contribution in [2.45, 2.75) is 20.0 Å². The molecule has 27 heavy (non-hydrogen) atoms. The van der Waals surface area contributed by atoms with E-state index in [9.17, 15) is 9.59 Å². The average molecular weight is 367 g/mol. The first kappa shape index (κ1) is 16.9. The van der Waals surface area contributed by atoms with Crippen molar-refractivity contribution in [2.75, 3.05) is 6.79 Å². The fraction of sp³-hybridized carbons (Fsp3) is 0.211. The van der Waals surface area contributed by atoms with Crippen LogP contribution in [-0.4, -0.2) is 22.3 Å². The summed E-state index contributed by atoms with van der Waals surface area (Å²) >= 11 is 0. The molecule has 0 fully saturated rings. The van der Waals surface area contributed by atoms with Gasteiger partial charge >= 0.3 is 0 Å². The van der Waals surface area contributed by atoms with Crippen molar-refractivity contribution < 1.29 is 18.7 Å². The summed E-state index contributed by atoms with van der Waals surface area (Å²) in [6.45, 7) is 6.00. The SMILES string of the molecule is C=CCn1cnc2oc(C)c(C(=O)NCc3ccc4c(c3)OCO4)c2c1=O. The molecule has 1 amide bonds. The number of benzene rings is 1. The number of amides is 1. The Bertz CT molecular complexity index is 1110. The molecule has 3 heterocycles. The Kier molecular flexibility index (Phi) is 4.15. The normalized spacial score (nSPS) is 12.3. The molecule has 4 rings (SSSR count). The number of furan rings is 1. The van der Waals surface area contributed by atoms with E-state index in [0.717, 1.165) is 5.56 Å². The maximum absolute atomic E-state index is 12.7. The molecule has 8 heteroatoms. The molecule has 1 N–H and O–H groups in total. The second-order valence-corrected chi connectivity index (χ2v) is 6.07. The predicted octanol–water partition coefficient (Wildman–Crippen LogP) is 2.14. The van der Waals surface area contributed by atoms with E-state index in [2.05, 4.69) is 16.9 Å². The third-order valence-electron chi connectivity index (χ3n) is 4.30. The molecule has 3 aromatic rings. The first-order chi connectivity index (χ1) is 13.1. The smallest absolute Gasteiger partial charge is 0.265 e. The number of ether oxygens (including phenoxy) is 2. The van der Waals surface area contributed by atoms with E-state index in [0.29, 0.717) is 23.8 Å². The quantitative estimate of drug-likeness (QED) is 0.694. The van der Waals surface area contributed by atoms with Gasteiger partial charge in [0.25, 0.3) is 11.5 Å². The number of hydrogen-bond donors (Lipinski definition) is 1. The lowest BCUT2D eigenvalue weighted by Gasteiger charge is -2.06. The molecule has 0 radical (unpaired) electrons. The third kappa shape index (κ3) is 2.95. The minimum Gasteiger partial charge on any atom is -0.454 e. The van der Waals surface area contributed by atoms with Crippen molar-refractivity contribution in [3.05, 3.63) is 64.4 Å². The van der Waals surface area contributed by atoms with Crippen LogP contribution in [0.25, 0.3) is 11.1 Å². The van der Waals surface area contributed by atoms with Gasteiger partial charge in [-0.05, 0) is 24.6 Å². The lowest BCUT2D eigenvalue weighted by molar-refractivity contribution is 0.0950. The summed E-state index contributed by atoms with van der Waals surface area (Å²) in [4.78, 5) is 29.5. The Morgan fingerprint density at radius 2 is 2.19 bits per heavy atom. The van der Waals surface area contributed by atoms with Crippen molar-refractivity contribution in [3.8, 4) is 11.5 Å². The summed E-state index contributed by atoms with van der Waals surface area (Å²) in [7, 11) is 0. The predicted molar refractivity (Wildman–Crippen MR) is 96.9 cm³/mol. The van der Waals surface area contributed by atoms with E-state index in [1.54, 1.807) is 19.1 Å². The van der Waals surface area contributed by atoms with Crippen LogP contribution in [0, 0.1) is 6.92 Å². The van der Waals surface area contributed by atoms with Gasteiger partial charge in [0.05, 0.1) is 5.56 Å². The molecule has 0 bridgehead atoms. The largest absolute Gasteiger partial charge is 0.454 e. The van der Waals surface area contributed by atoms with E-state index in [1.807, 2.05) is 12.1 Å². The second-order valence-electron chi connectivity index (χ2n) is 6.07.